The zero-order chi connectivity index (χ0) is 40.7. The number of hydrogen-bond donors (Lipinski definition) is 0. The highest BCUT2D eigenvalue weighted by Gasteiger charge is 2.34. The minimum Gasteiger partial charge on any atom is -0.308 e. The lowest BCUT2D eigenvalue weighted by molar-refractivity contribution is 1.37. The highest BCUT2D eigenvalue weighted by atomic mass is 14.9. The van der Waals surface area contributed by atoms with Crippen LogP contribution in [0.5, 0.6) is 0 Å². The van der Waals surface area contributed by atoms with Gasteiger partial charge in [0.05, 0.1) is 16.6 Å². The van der Waals surface area contributed by atoms with Gasteiger partial charge < -0.3 is 4.40 Å². The highest BCUT2D eigenvalue weighted by Crippen LogP contribution is 2.44. The molecule has 0 atom stereocenters. The molecule has 0 spiro atoms. The Hall–Kier alpha value is -7.94. The van der Waals surface area contributed by atoms with Crippen LogP contribution < -0.4 is 16.4 Å². The van der Waals surface area contributed by atoms with Gasteiger partial charge in [0.25, 0.3) is 0 Å². The van der Waals surface area contributed by atoms with Gasteiger partial charge in [-0.25, -0.2) is 0 Å². The number of rotatable bonds is 4. The lowest BCUT2D eigenvalue weighted by Crippen LogP contribution is -2.54. The number of hydrogen-bond acceptors (Lipinski definition) is 0. The molecule has 0 aliphatic carbocycles. The normalized spacial score (nSPS) is 12.2. The first-order valence-corrected chi connectivity index (χ1v) is 21.6. The SMILES string of the molecule is c1ccc(-c2cccc(-c3ccccc3)c2B2c3ccccc3-c3ccccc3-c3ccccc3-c3cc(-c4cc5c6ccccc6n6c7ccccc7c(c4)c56)ccc32)cc1. The van der Waals surface area contributed by atoms with Crippen LogP contribution in [-0.4, -0.2) is 11.1 Å². The van der Waals surface area contributed by atoms with E-state index in [9.17, 15) is 0 Å². The summed E-state index contributed by atoms with van der Waals surface area (Å²) < 4.78 is 2.47. The molecule has 0 amide bonds. The molecule has 12 aromatic rings. The maximum Gasteiger partial charge on any atom is 0.244 e. The predicted molar refractivity (Wildman–Crippen MR) is 265 cm³/mol. The smallest absolute Gasteiger partial charge is 0.244 e. The fourth-order valence-electron chi connectivity index (χ4n) is 10.8. The minimum absolute atomic E-state index is 0.119. The molecule has 0 bridgehead atoms. The Labute approximate surface area is 361 Å². The third kappa shape index (κ3) is 5.17. The van der Waals surface area contributed by atoms with Crippen molar-refractivity contribution in [2.45, 2.75) is 0 Å². The third-order valence-electron chi connectivity index (χ3n) is 13.5. The van der Waals surface area contributed by atoms with Crippen LogP contribution in [-0.2, 0) is 0 Å². The van der Waals surface area contributed by atoms with Crippen LogP contribution in [0.25, 0.3) is 105 Å². The quantitative estimate of drug-likeness (QED) is 0.157. The Kier molecular flexibility index (Phi) is 7.77. The Bertz CT molecular complexity index is 3550. The Morgan fingerprint density at radius 2 is 0.694 bits per heavy atom. The summed E-state index contributed by atoms with van der Waals surface area (Å²) in [7, 11) is 0. The van der Waals surface area contributed by atoms with Gasteiger partial charge >= 0.3 is 0 Å². The fraction of sp³-hybridized carbons (Fsp3) is 0. The molecule has 0 fully saturated rings. The van der Waals surface area contributed by atoms with Crippen molar-refractivity contribution in [3.05, 3.63) is 231 Å². The van der Waals surface area contributed by atoms with Gasteiger partial charge in [-0.05, 0) is 97.1 Å². The first kappa shape index (κ1) is 34.9. The summed E-state index contributed by atoms with van der Waals surface area (Å²) in [5.74, 6) is 0. The lowest BCUT2D eigenvalue weighted by Gasteiger charge is -2.27. The molecular weight excluding hydrogens is 745 g/mol. The van der Waals surface area contributed by atoms with Gasteiger partial charge in [-0.15, -0.1) is 0 Å². The van der Waals surface area contributed by atoms with E-state index in [2.05, 4.69) is 235 Å². The number of benzene rings is 10. The molecular formula is C60H38BN. The van der Waals surface area contributed by atoms with Crippen LogP contribution in [0.3, 0.4) is 0 Å². The molecule has 0 N–H and O–H groups in total. The van der Waals surface area contributed by atoms with Crippen LogP contribution in [0, 0.1) is 0 Å². The van der Waals surface area contributed by atoms with Gasteiger partial charge in [-0.2, -0.15) is 0 Å². The van der Waals surface area contributed by atoms with Crippen molar-refractivity contribution in [3.8, 4) is 66.8 Å². The summed E-state index contributed by atoms with van der Waals surface area (Å²) >= 11 is 0. The number of fused-ring (bicyclic) bond motifs is 13. The molecule has 0 saturated heterocycles. The molecule has 62 heavy (non-hydrogen) atoms. The Morgan fingerprint density at radius 1 is 0.258 bits per heavy atom. The Morgan fingerprint density at radius 3 is 1.27 bits per heavy atom. The zero-order valence-electron chi connectivity index (χ0n) is 34.0. The first-order valence-electron chi connectivity index (χ1n) is 21.6. The minimum atomic E-state index is -0.119. The van der Waals surface area contributed by atoms with Crippen molar-refractivity contribution in [2.75, 3.05) is 0 Å². The molecule has 13 rings (SSSR count). The summed E-state index contributed by atoms with van der Waals surface area (Å²) in [4.78, 5) is 0. The van der Waals surface area contributed by atoms with Crippen molar-refractivity contribution < 1.29 is 0 Å². The van der Waals surface area contributed by atoms with Crippen LogP contribution >= 0.6 is 0 Å². The fourth-order valence-corrected chi connectivity index (χ4v) is 10.8. The predicted octanol–water partition coefficient (Wildman–Crippen LogP) is 13.7. The van der Waals surface area contributed by atoms with Gasteiger partial charge in [-0.3, -0.25) is 0 Å². The average molecular weight is 784 g/mol. The maximum atomic E-state index is 2.50. The van der Waals surface area contributed by atoms with Crippen LogP contribution in [0.15, 0.2) is 231 Å². The summed E-state index contributed by atoms with van der Waals surface area (Å²) in [5.41, 5.74) is 22.5. The van der Waals surface area contributed by atoms with Crippen molar-refractivity contribution in [1.82, 2.24) is 4.40 Å². The number of para-hydroxylation sites is 2. The topological polar surface area (TPSA) is 4.41 Å². The van der Waals surface area contributed by atoms with Crippen molar-refractivity contribution >= 4 is 61.2 Å². The standard InChI is InChI=1S/C60H38BN/c1-3-18-39(19-4-1)43-29-17-30-44(40-20-5-2-6-21-40)59(43)61-55-31-14-11-26-49(55)47-24-9-7-22-45(47)46-23-8-10-25-48(46)52-36-41(34-35-56(52)61)42-37-53-50-27-12-15-32-57(50)62-58-33-16-13-28-51(58)54(38-42)60(53)62/h1-38H. The molecule has 2 heteroatoms. The van der Waals surface area contributed by atoms with Crippen molar-refractivity contribution in [1.29, 1.82) is 0 Å². The summed E-state index contributed by atoms with van der Waals surface area (Å²) in [6.45, 7) is -0.119. The monoisotopic (exact) mass is 783 g/mol. The Balaban J connectivity index is 1.16. The largest absolute Gasteiger partial charge is 0.308 e. The molecule has 10 aromatic carbocycles. The van der Waals surface area contributed by atoms with E-state index in [0.29, 0.717) is 0 Å². The summed E-state index contributed by atoms with van der Waals surface area (Å²) in [5, 5.41) is 5.15. The number of nitrogens with zero attached hydrogens (tertiary/aromatic N) is 1. The molecule has 0 saturated carbocycles. The van der Waals surface area contributed by atoms with E-state index in [-0.39, 0.29) is 6.71 Å². The average Bonchev–Trinajstić information content (AvgIpc) is 3.88. The van der Waals surface area contributed by atoms with E-state index in [1.54, 1.807) is 0 Å². The van der Waals surface area contributed by atoms with Gasteiger partial charge in [0.2, 0.25) is 6.71 Å². The number of aromatic nitrogens is 1. The van der Waals surface area contributed by atoms with Gasteiger partial charge in [0.1, 0.15) is 0 Å². The molecule has 286 valence electrons. The molecule has 1 aliphatic rings. The molecule has 0 unspecified atom stereocenters. The molecule has 0 radical (unpaired) electrons. The van der Waals surface area contributed by atoms with E-state index in [4.69, 9.17) is 0 Å². The van der Waals surface area contributed by atoms with Crippen LogP contribution in [0.4, 0.5) is 0 Å². The van der Waals surface area contributed by atoms with Crippen molar-refractivity contribution in [3.63, 3.8) is 0 Å². The second-order valence-corrected chi connectivity index (χ2v) is 16.7. The summed E-state index contributed by atoms with van der Waals surface area (Å²) in [6.07, 6.45) is 0. The van der Waals surface area contributed by atoms with E-state index < -0.39 is 0 Å². The molecule has 1 aliphatic heterocycles. The molecule has 3 heterocycles. The second kappa shape index (κ2) is 13.8. The van der Waals surface area contributed by atoms with E-state index in [0.717, 1.165) is 0 Å². The van der Waals surface area contributed by atoms with Gasteiger partial charge in [0, 0.05) is 21.5 Å². The first-order chi connectivity index (χ1) is 30.8. The third-order valence-corrected chi connectivity index (χ3v) is 13.5. The van der Waals surface area contributed by atoms with Crippen LogP contribution in [0.1, 0.15) is 0 Å². The van der Waals surface area contributed by atoms with Gasteiger partial charge in [0.15, 0.2) is 0 Å². The second-order valence-electron chi connectivity index (χ2n) is 16.7. The lowest BCUT2D eigenvalue weighted by atomic mass is 9.33. The highest BCUT2D eigenvalue weighted by molar-refractivity contribution is 6.98. The molecule has 2 aromatic heterocycles. The van der Waals surface area contributed by atoms with E-state index in [1.807, 2.05) is 0 Å². The van der Waals surface area contributed by atoms with Crippen LogP contribution in [0.2, 0.25) is 0 Å². The van der Waals surface area contributed by atoms with E-state index >= 15 is 0 Å². The molecule has 1 nitrogen and oxygen atoms in total. The van der Waals surface area contributed by atoms with E-state index in [1.165, 1.54) is 121 Å². The zero-order valence-corrected chi connectivity index (χ0v) is 34.0. The maximum absolute atomic E-state index is 2.50. The summed E-state index contributed by atoms with van der Waals surface area (Å²) in [6, 6.07) is 86.0. The van der Waals surface area contributed by atoms with Crippen molar-refractivity contribution in [2.24, 2.45) is 0 Å². The van der Waals surface area contributed by atoms with Gasteiger partial charge in [-0.1, -0.05) is 217 Å².